The lowest BCUT2D eigenvalue weighted by molar-refractivity contribution is -0.151. The molecule has 2 aliphatic heterocycles. The molecule has 2 aliphatic rings. The molecule has 2 heterocycles. The second-order valence-electron chi connectivity index (χ2n) is 9.75. The Morgan fingerprint density at radius 3 is 2.00 bits per heavy atom. The van der Waals surface area contributed by atoms with Crippen LogP contribution in [-0.2, 0) is 27.7 Å². The molecule has 10 heteroatoms. The predicted octanol–water partition coefficient (Wildman–Crippen LogP) is 1.74. The molecule has 0 radical (unpaired) electrons. The zero-order valence-corrected chi connectivity index (χ0v) is 21.8. The van der Waals surface area contributed by atoms with E-state index in [-0.39, 0.29) is 17.7 Å². The summed E-state index contributed by atoms with van der Waals surface area (Å²) in [5.74, 6) is -0.148. The summed E-state index contributed by atoms with van der Waals surface area (Å²) >= 11 is 0. The Bertz CT molecular complexity index is 671. The molecule has 3 amide bonds. The summed E-state index contributed by atoms with van der Waals surface area (Å²) in [5.41, 5.74) is -0.533. The van der Waals surface area contributed by atoms with Gasteiger partial charge >= 0.3 is 8.80 Å². The van der Waals surface area contributed by atoms with Crippen molar-refractivity contribution in [2.45, 2.75) is 71.0 Å². The van der Waals surface area contributed by atoms with Crippen LogP contribution in [0.4, 0.5) is 0 Å². The number of likely N-dealkylation sites (tertiary alicyclic amines) is 2. The minimum absolute atomic E-state index is 0.00498. The van der Waals surface area contributed by atoms with Crippen LogP contribution in [0.3, 0.4) is 0 Å². The normalized spacial score (nSPS) is 21.8. The Balaban J connectivity index is 2.00. The van der Waals surface area contributed by atoms with Crippen molar-refractivity contribution in [2.75, 3.05) is 48.0 Å². The SMILES string of the molecule is CO[Si](CCCN(C)C(=O)[C@@H]1CCCN1C(=O)[C@@H]1CCCN1C(=O)C(C)(C)C)(OC)OC. The lowest BCUT2D eigenvalue weighted by Gasteiger charge is -2.35. The second-order valence-corrected chi connectivity index (χ2v) is 12.8. The van der Waals surface area contributed by atoms with Crippen molar-refractivity contribution in [2.24, 2.45) is 5.41 Å². The van der Waals surface area contributed by atoms with Crippen molar-refractivity contribution in [3.8, 4) is 0 Å². The van der Waals surface area contributed by atoms with E-state index in [0.717, 1.165) is 12.8 Å². The minimum Gasteiger partial charge on any atom is -0.377 e. The number of hydrogen-bond donors (Lipinski definition) is 0. The van der Waals surface area contributed by atoms with E-state index < -0.39 is 26.3 Å². The van der Waals surface area contributed by atoms with Gasteiger partial charge in [0.05, 0.1) is 0 Å². The predicted molar refractivity (Wildman–Crippen MR) is 123 cm³/mol. The van der Waals surface area contributed by atoms with Gasteiger partial charge in [-0.3, -0.25) is 14.4 Å². The highest BCUT2D eigenvalue weighted by molar-refractivity contribution is 6.60. The van der Waals surface area contributed by atoms with Gasteiger partial charge in [0.1, 0.15) is 12.1 Å². The molecule has 0 aliphatic carbocycles. The molecule has 2 rings (SSSR count). The van der Waals surface area contributed by atoms with Crippen LogP contribution in [0.15, 0.2) is 0 Å². The van der Waals surface area contributed by atoms with E-state index in [1.807, 2.05) is 20.8 Å². The van der Waals surface area contributed by atoms with E-state index in [4.69, 9.17) is 13.3 Å². The number of hydrogen-bond acceptors (Lipinski definition) is 6. The van der Waals surface area contributed by atoms with Crippen LogP contribution in [0, 0.1) is 5.41 Å². The van der Waals surface area contributed by atoms with Crippen LogP contribution in [0.5, 0.6) is 0 Å². The number of carbonyl (C=O) groups excluding carboxylic acids is 3. The second kappa shape index (κ2) is 11.1. The van der Waals surface area contributed by atoms with Gasteiger partial charge in [-0.05, 0) is 32.1 Å². The smallest absolute Gasteiger partial charge is 0.377 e. The third-order valence-electron chi connectivity index (χ3n) is 6.55. The van der Waals surface area contributed by atoms with Gasteiger partial charge in [0, 0.05) is 59.5 Å². The van der Waals surface area contributed by atoms with E-state index in [1.165, 1.54) is 0 Å². The molecule has 0 spiro atoms. The molecular formula is C22H41N3O6Si. The number of likely N-dealkylation sites (N-methyl/N-ethyl adjacent to an activating group) is 1. The van der Waals surface area contributed by atoms with Crippen molar-refractivity contribution in [1.82, 2.24) is 14.7 Å². The first-order valence-electron chi connectivity index (χ1n) is 11.5. The average molecular weight is 472 g/mol. The fourth-order valence-corrected chi connectivity index (χ4v) is 6.33. The third kappa shape index (κ3) is 5.89. The quantitative estimate of drug-likeness (QED) is 0.476. The molecule has 0 aromatic carbocycles. The number of rotatable bonds is 9. The third-order valence-corrected chi connectivity index (χ3v) is 9.38. The van der Waals surface area contributed by atoms with Gasteiger partial charge in [-0.15, -0.1) is 0 Å². The number of nitrogens with zero attached hydrogens (tertiary/aromatic N) is 3. The van der Waals surface area contributed by atoms with Crippen molar-refractivity contribution in [3.63, 3.8) is 0 Å². The fourth-order valence-electron chi connectivity index (χ4n) is 4.63. The summed E-state index contributed by atoms with van der Waals surface area (Å²) in [5, 5.41) is 0. The maximum atomic E-state index is 13.4. The zero-order chi connectivity index (χ0) is 24.1. The molecular weight excluding hydrogens is 430 g/mol. The molecule has 32 heavy (non-hydrogen) atoms. The van der Waals surface area contributed by atoms with Gasteiger partial charge in [-0.2, -0.15) is 0 Å². The standard InChI is InChI=1S/C22H41N3O6Si/c1-22(2,3)21(28)25-15-9-12-18(25)20(27)24-14-8-11-17(24)19(26)23(4)13-10-16-32(29-5,30-6)31-7/h17-18H,8-16H2,1-7H3/t17-,18-/m0/s1. The van der Waals surface area contributed by atoms with E-state index in [0.29, 0.717) is 44.9 Å². The molecule has 0 N–H and O–H groups in total. The van der Waals surface area contributed by atoms with Crippen molar-refractivity contribution in [1.29, 1.82) is 0 Å². The fraction of sp³-hybridized carbons (Fsp3) is 0.864. The molecule has 9 nitrogen and oxygen atoms in total. The van der Waals surface area contributed by atoms with E-state index in [2.05, 4.69) is 0 Å². The van der Waals surface area contributed by atoms with Crippen LogP contribution < -0.4 is 0 Å². The highest BCUT2D eigenvalue weighted by Crippen LogP contribution is 2.29. The lowest BCUT2D eigenvalue weighted by Crippen LogP contribution is -2.54. The van der Waals surface area contributed by atoms with Gasteiger partial charge in [0.25, 0.3) is 0 Å². The van der Waals surface area contributed by atoms with Crippen molar-refractivity contribution in [3.05, 3.63) is 0 Å². The molecule has 184 valence electrons. The summed E-state index contributed by atoms with van der Waals surface area (Å²) in [6.07, 6.45) is 3.60. The average Bonchev–Trinajstić information content (AvgIpc) is 3.44. The van der Waals surface area contributed by atoms with E-state index in [9.17, 15) is 14.4 Å². The molecule has 0 unspecified atom stereocenters. The Morgan fingerprint density at radius 2 is 1.47 bits per heavy atom. The number of carbonyl (C=O) groups is 3. The molecule has 0 bridgehead atoms. The van der Waals surface area contributed by atoms with Crippen molar-refractivity contribution < 1.29 is 27.7 Å². The topological polar surface area (TPSA) is 88.6 Å². The van der Waals surface area contributed by atoms with Crippen LogP contribution in [0.2, 0.25) is 6.04 Å². The number of amides is 3. The summed E-state index contributed by atoms with van der Waals surface area (Å²) in [6, 6.07) is -0.320. The molecule has 0 aromatic rings. The molecule has 2 saturated heterocycles. The van der Waals surface area contributed by atoms with Crippen LogP contribution in [0.1, 0.15) is 52.9 Å². The Kier molecular flexibility index (Phi) is 9.27. The summed E-state index contributed by atoms with van der Waals surface area (Å²) in [6.45, 7) is 7.31. The molecule has 0 aromatic heterocycles. The summed E-state index contributed by atoms with van der Waals surface area (Å²) < 4.78 is 16.3. The van der Waals surface area contributed by atoms with E-state index in [1.54, 1.807) is 43.1 Å². The highest BCUT2D eigenvalue weighted by Gasteiger charge is 2.44. The summed E-state index contributed by atoms with van der Waals surface area (Å²) in [4.78, 5) is 44.5. The monoisotopic (exact) mass is 471 g/mol. The maximum Gasteiger partial charge on any atom is 0.500 e. The summed E-state index contributed by atoms with van der Waals surface area (Å²) in [7, 11) is 3.82. The Labute approximate surface area is 193 Å². The van der Waals surface area contributed by atoms with Gasteiger partial charge < -0.3 is 28.0 Å². The first-order chi connectivity index (χ1) is 15.0. The van der Waals surface area contributed by atoms with Crippen LogP contribution >= 0.6 is 0 Å². The lowest BCUT2D eigenvalue weighted by atomic mass is 9.94. The van der Waals surface area contributed by atoms with Gasteiger partial charge in [0.15, 0.2) is 0 Å². The minimum atomic E-state index is -2.67. The van der Waals surface area contributed by atoms with Gasteiger partial charge in [-0.1, -0.05) is 20.8 Å². The molecule has 2 fully saturated rings. The molecule has 0 saturated carbocycles. The maximum absolute atomic E-state index is 13.4. The first kappa shape index (κ1) is 26.8. The Morgan fingerprint density at radius 1 is 0.938 bits per heavy atom. The largest absolute Gasteiger partial charge is 0.500 e. The zero-order valence-electron chi connectivity index (χ0n) is 20.8. The van der Waals surface area contributed by atoms with Crippen molar-refractivity contribution >= 4 is 26.5 Å². The van der Waals surface area contributed by atoms with Crippen LogP contribution in [-0.4, -0.2) is 101 Å². The van der Waals surface area contributed by atoms with Crippen LogP contribution in [0.25, 0.3) is 0 Å². The first-order valence-corrected chi connectivity index (χ1v) is 13.5. The van der Waals surface area contributed by atoms with Gasteiger partial charge in [0.2, 0.25) is 17.7 Å². The van der Waals surface area contributed by atoms with E-state index >= 15 is 0 Å². The molecule has 2 atom stereocenters. The highest BCUT2D eigenvalue weighted by atomic mass is 28.4. The Hall–Kier alpha value is -1.49. The van der Waals surface area contributed by atoms with Gasteiger partial charge in [-0.25, -0.2) is 0 Å².